The van der Waals surface area contributed by atoms with Gasteiger partial charge >= 0.3 is 0 Å². The van der Waals surface area contributed by atoms with Gasteiger partial charge in [-0.3, -0.25) is 9.69 Å². The van der Waals surface area contributed by atoms with E-state index < -0.39 is 0 Å². The molecule has 5 nitrogen and oxygen atoms in total. The molecule has 6 heteroatoms. The third-order valence-electron chi connectivity index (χ3n) is 5.03. The first-order valence-corrected chi connectivity index (χ1v) is 8.48. The van der Waals surface area contributed by atoms with Gasteiger partial charge in [0, 0.05) is 30.3 Å². The van der Waals surface area contributed by atoms with Gasteiger partial charge in [0.15, 0.2) is 0 Å². The van der Waals surface area contributed by atoms with Crippen LogP contribution in [-0.4, -0.2) is 41.1 Å². The van der Waals surface area contributed by atoms with E-state index in [1.165, 1.54) is 25.0 Å². The second-order valence-corrected chi connectivity index (χ2v) is 6.55. The Hall–Kier alpha value is -2.21. The fraction of sp³-hybridized carbons (Fsp3) is 0.444. The second kappa shape index (κ2) is 6.36. The van der Waals surface area contributed by atoms with Crippen molar-refractivity contribution in [3.63, 3.8) is 0 Å². The summed E-state index contributed by atoms with van der Waals surface area (Å²) < 4.78 is 18.5. The number of fused-ring (bicyclic) bond motifs is 1. The molecule has 3 heterocycles. The number of piperidine rings is 1. The lowest BCUT2D eigenvalue weighted by molar-refractivity contribution is 0.0878. The Morgan fingerprint density at radius 1 is 1.25 bits per heavy atom. The Kier molecular flexibility index (Phi) is 4.06. The highest BCUT2D eigenvalue weighted by atomic mass is 19.1. The van der Waals surface area contributed by atoms with Crippen LogP contribution in [0.25, 0.3) is 11.3 Å². The molecule has 126 valence electrons. The summed E-state index contributed by atoms with van der Waals surface area (Å²) in [6.45, 7) is 2.17. The van der Waals surface area contributed by atoms with E-state index in [9.17, 15) is 9.18 Å². The number of hydrogen-bond acceptors (Lipinski definition) is 4. The highest BCUT2D eigenvalue weighted by Crippen LogP contribution is 2.27. The molecule has 2 fully saturated rings. The summed E-state index contributed by atoms with van der Waals surface area (Å²) in [6, 6.07) is 8.25. The van der Waals surface area contributed by atoms with Crippen LogP contribution < -0.4 is 5.32 Å². The molecule has 4 rings (SSSR count). The van der Waals surface area contributed by atoms with Crippen molar-refractivity contribution in [2.45, 2.75) is 37.8 Å². The molecule has 2 aliphatic rings. The lowest BCUT2D eigenvalue weighted by atomic mass is 9.99. The Balaban J connectivity index is 1.45. The zero-order valence-corrected chi connectivity index (χ0v) is 13.4. The quantitative estimate of drug-likeness (QED) is 0.941. The lowest BCUT2D eigenvalue weighted by Crippen LogP contribution is -2.46. The van der Waals surface area contributed by atoms with Gasteiger partial charge in [-0.15, -0.1) is 0 Å². The van der Waals surface area contributed by atoms with Crippen molar-refractivity contribution in [3.8, 4) is 11.3 Å². The number of halogens is 1. The predicted molar refractivity (Wildman–Crippen MR) is 87.0 cm³/mol. The average Bonchev–Trinajstić information content (AvgIpc) is 3.23. The molecule has 0 aliphatic carbocycles. The van der Waals surface area contributed by atoms with Gasteiger partial charge in [-0.2, -0.15) is 0 Å². The number of amides is 1. The van der Waals surface area contributed by atoms with Gasteiger partial charge < -0.3 is 9.84 Å². The topological polar surface area (TPSA) is 58.4 Å². The number of aromatic nitrogens is 1. The molecule has 0 spiro atoms. The second-order valence-electron chi connectivity index (χ2n) is 6.55. The van der Waals surface area contributed by atoms with Crippen molar-refractivity contribution in [2.24, 2.45) is 0 Å². The molecule has 1 N–H and O–H groups in total. The minimum Gasteiger partial charge on any atom is -0.350 e. The minimum absolute atomic E-state index is 0.167. The van der Waals surface area contributed by atoms with Crippen LogP contribution in [0.5, 0.6) is 0 Å². The van der Waals surface area contributed by atoms with Crippen LogP contribution in [0, 0.1) is 5.82 Å². The first-order chi connectivity index (χ1) is 11.7. The number of nitrogens with zero attached hydrogens (tertiary/aromatic N) is 2. The molecular weight excluding hydrogens is 309 g/mol. The van der Waals surface area contributed by atoms with Crippen LogP contribution in [0.3, 0.4) is 0 Å². The van der Waals surface area contributed by atoms with Crippen molar-refractivity contribution in [2.75, 3.05) is 13.1 Å². The highest BCUT2D eigenvalue weighted by molar-refractivity contribution is 5.92. The average molecular weight is 329 g/mol. The summed E-state index contributed by atoms with van der Waals surface area (Å²) in [7, 11) is 0. The third-order valence-corrected chi connectivity index (χ3v) is 5.03. The van der Waals surface area contributed by atoms with Crippen LogP contribution >= 0.6 is 0 Å². The maximum Gasteiger partial charge on any atom is 0.290 e. The molecule has 2 atom stereocenters. The monoisotopic (exact) mass is 329 g/mol. The van der Waals surface area contributed by atoms with Crippen LogP contribution in [-0.2, 0) is 0 Å². The summed E-state index contributed by atoms with van der Waals surface area (Å²) in [4.78, 5) is 14.9. The SMILES string of the molecule is O=C(N[C@H]1CCN2CCCC[C@@H]12)c1cc(-c2cccc(F)c2)no1. The maximum absolute atomic E-state index is 13.3. The van der Waals surface area contributed by atoms with E-state index in [2.05, 4.69) is 15.4 Å². The number of carbonyl (C=O) groups excluding carboxylic acids is 1. The van der Waals surface area contributed by atoms with Crippen LogP contribution in [0.1, 0.15) is 36.2 Å². The van der Waals surface area contributed by atoms with Crippen LogP contribution in [0.15, 0.2) is 34.9 Å². The summed E-state index contributed by atoms with van der Waals surface area (Å²) in [5, 5.41) is 6.97. The Labute approximate surface area is 139 Å². The number of benzene rings is 1. The van der Waals surface area contributed by atoms with Gasteiger partial charge in [-0.1, -0.05) is 23.7 Å². The standard InChI is InChI=1S/C18H20FN3O2/c19-13-5-3-4-12(10-13)15-11-17(24-21-15)18(23)20-14-7-9-22-8-2-1-6-16(14)22/h3-5,10-11,14,16H,1-2,6-9H2,(H,20,23)/t14-,16-/m0/s1. The molecule has 1 aromatic heterocycles. The van der Waals surface area contributed by atoms with Crippen molar-refractivity contribution in [1.82, 2.24) is 15.4 Å². The van der Waals surface area contributed by atoms with Gasteiger partial charge in [0.05, 0.1) is 0 Å². The van der Waals surface area contributed by atoms with Crippen LogP contribution in [0.2, 0.25) is 0 Å². The molecule has 0 saturated carbocycles. The molecule has 1 amide bonds. The Morgan fingerprint density at radius 2 is 2.17 bits per heavy atom. The smallest absolute Gasteiger partial charge is 0.290 e. The van der Waals surface area contributed by atoms with Gasteiger partial charge in [-0.05, 0) is 37.9 Å². The Bertz CT molecular complexity index is 745. The Morgan fingerprint density at radius 3 is 3.04 bits per heavy atom. The zero-order chi connectivity index (χ0) is 16.5. The van der Waals surface area contributed by atoms with E-state index in [0.29, 0.717) is 17.3 Å². The number of nitrogens with one attached hydrogen (secondary N) is 1. The maximum atomic E-state index is 13.3. The fourth-order valence-corrected chi connectivity index (χ4v) is 3.82. The zero-order valence-electron chi connectivity index (χ0n) is 13.4. The first-order valence-electron chi connectivity index (χ1n) is 8.48. The van der Waals surface area contributed by atoms with E-state index in [4.69, 9.17) is 4.52 Å². The summed E-state index contributed by atoms with van der Waals surface area (Å²) in [5.74, 6) is -0.420. The minimum atomic E-state index is -0.343. The molecule has 24 heavy (non-hydrogen) atoms. The number of hydrogen-bond donors (Lipinski definition) is 1. The first kappa shape index (κ1) is 15.3. The van der Waals surface area contributed by atoms with Crippen molar-refractivity contribution in [1.29, 1.82) is 0 Å². The number of carbonyl (C=O) groups is 1. The van der Waals surface area contributed by atoms with Crippen LogP contribution in [0.4, 0.5) is 4.39 Å². The number of rotatable bonds is 3. The molecule has 1 aromatic carbocycles. The third kappa shape index (κ3) is 2.94. The fourth-order valence-electron chi connectivity index (χ4n) is 3.82. The molecule has 0 radical (unpaired) electrons. The van der Waals surface area contributed by atoms with Gasteiger partial charge in [-0.25, -0.2) is 4.39 Å². The molecule has 0 bridgehead atoms. The molecule has 2 aliphatic heterocycles. The summed E-state index contributed by atoms with van der Waals surface area (Å²) in [5.41, 5.74) is 1.06. The lowest BCUT2D eigenvalue weighted by Gasteiger charge is -2.32. The van der Waals surface area contributed by atoms with E-state index in [-0.39, 0.29) is 23.5 Å². The molecule has 2 aromatic rings. The van der Waals surface area contributed by atoms with E-state index >= 15 is 0 Å². The van der Waals surface area contributed by atoms with E-state index in [1.54, 1.807) is 18.2 Å². The van der Waals surface area contributed by atoms with Crippen molar-refractivity contribution < 1.29 is 13.7 Å². The predicted octanol–water partition coefficient (Wildman–Crippen LogP) is 2.84. The van der Waals surface area contributed by atoms with E-state index in [0.717, 1.165) is 25.9 Å². The van der Waals surface area contributed by atoms with Gasteiger partial charge in [0.25, 0.3) is 5.91 Å². The summed E-state index contributed by atoms with van der Waals surface area (Å²) >= 11 is 0. The molecule has 0 unspecified atom stereocenters. The molecule has 2 saturated heterocycles. The van der Waals surface area contributed by atoms with Crippen molar-refractivity contribution >= 4 is 5.91 Å². The van der Waals surface area contributed by atoms with E-state index in [1.807, 2.05) is 0 Å². The van der Waals surface area contributed by atoms with Gasteiger partial charge in [0.1, 0.15) is 11.5 Å². The summed E-state index contributed by atoms with van der Waals surface area (Å²) in [6.07, 6.45) is 4.58. The highest BCUT2D eigenvalue weighted by Gasteiger charge is 2.36. The largest absolute Gasteiger partial charge is 0.350 e. The normalized spacial score (nSPS) is 23.9. The van der Waals surface area contributed by atoms with Gasteiger partial charge in [0.2, 0.25) is 5.76 Å². The molecular formula is C18H20FN3O2. The van der Waals surface area contributed by atoms with Crippen molar-refractivity contribution in [3.05, 3.63) is 41.9 Å².